The molecule has 2 N–H and O–H groups in total. The molecule has 0 bridgehead atoms. The Morgan fingerprint density at radius 1 is 0.950 bits per heavy atom. The molecule has 1 fully saturated rings. The summed E-state index contributed by atoms with van der Waals surface area (Å²) in [6.45, 7) is 0.888. The average molecular weight is 555 g/mol. The fourth-order valence-electron chi connectivity index (χ4n) is 5.22. The van der Waals surface area contributed by atoms with Gasteiger partial charge in [0, 0.05) is 23.4 Å². The molecule has 0 aromatic heterocycles. The fraction of sp³-hybridized carbons (Fsp3) is 0.357. The van der Waals surface area contributed by atoms with E-state index >= 15 is 0 Å². The van der Waals surface area contributed by atoms with Crippen LogP contribution in [0, 0.1) is 0 Å². The quantitative estimate of drug-likeness (QED) is 0.431. The van der Waals surface area contributed by atoms with Gasteiger partial charge in [-0.2, -0.15) is 0 Å². The molecule has 3 aromatic rings. The van der Waals surface area contributed by atoms with E-state index in [4.69, 9.17) is 37.9 Å². The van der Waals surface area contributed by atoms with Crippen LogP contribution in [0.4, 0.5) is 0 Å². The van der Waals surface area contributed by atoms with Gasteiger partial charge in [0.25, 0.3) is 0 Å². The summed E-state index contributed by atoms with van der Waals surface area (Å²) in [5, 5.41) is 22.3. The van der Waals surface area contributed by atoms with Crippen LogP contribution >= 0.6 is 0 Å². The van der Waals surface area contributed by atoms with E-state index in [0.717, 1.165) is 0 Å². The number of carbonyl (C=O) groups is 2. The van der Waals surface area contributed by atoms with Crippen molar-refractivity contribution in [2.75, 3.05) is 27.6 Å². The number of cyclic esters (lactones) is 1. The van der Waals surface area contributed by atoms with Gasteiger partial charge in [-0.15, -0.1) is 0 Å². The number of rotatable bonds is 6. The molecule has 0 spiro atoms. The Morgan fingerprint density at radius 2 is 1.68 bits per heavy atom. The van der Waals surface area contributed by atoms with Gasteiger partial charge in [0.1, 0.15) is 18.5 Å². The Labute approximate surface area is 227 Å². The number of aliphatic hydroxyl groups excluding tert-OH is 2. The van der Waals surface area contributed by atoms with Gasteiger partial charge < -0.3 is 48.1 Å². The second-order valence-electron chi connectivity index (χ2n) is 9.41. The number of benzene rings is 3. The predicted molar refractivity (Wildman–Crippen MR) is 136 cm³/mol. The van der Waals surface area contributed by atoms with Crippen molar-refractivity contribution in [2.24, 2.45) is 0 Å². The maximum Gasteiger partial charge on any atom is 0.339 e. The number of ether oxygens (including phenoxy) is 8. The SMILES string of the molecule is COc1cc2c(OC3OC[C@@H](O)[C@H](OC(C)=O)[C@H]3O)c3c(c(-c4ccc5c(c4)OCO5)c2cc1OC)C(=O)OC3. The third-order valence-electron chi connectivity index (χ3n) is 7.04. The van der Waals surface area contributed by atoms with Gasteiger partial charge in [-0.1, -0.05) is 6.07 Å². The largest absolute Gasteiger partial charge is 0.493 e. The Hall–Kier alpha value is -4.26. The molecular formula is C28H26O12. The fourth-order valence-corrected chi connectivity index (χ4v) is 5.22. The number of methoxy groups -OCH3 is 2. The topological polar surface area (TPSA) is 148 Å². The molecule has 12 nitrogen and oxygen atoms in total. The van der Waals surface area contributed by atoms with Crippen LogP contribution in [-0.4, -0.2) is 74.4 Å². The van der Waals surface area contributed by atoms with Crippen LogP contribution in [0.15, 0.2) is 30.3 Å². The summed E-state index contributed by atoms with van der Waals surface area (Å²) in [5.41, 5.74) is 1.89. The van der Waals surface area contributed by atoms with Crippen LogP contribution in [-0.2, 0) is 25.6 Å². The Kier molecular flexibility index (Phi) is 6.53. The first-order valence-electron chi connectivity index (χ1n) is 12.4. The number of hydrogen-bond acceptors (Lipinski definition) is 12. The highest BCUT2D eigenvalue weighted by molar-refractivity contribution is 6.14. The minimum absolute atomic E-state index is 0.0875. The zero-order valence-electron chi connectivity index (χ0n) is 21.8. The number of esters is 2. The summed E-state index contributed by atoms with van der Waals surface area (Å²) in [7, 11) is 2.98. The zero-order chi connectivity index (χ0) is 28.1. The minimum atomic E-state index is -1.54. The average Bonchev–Trinajstić information content (AvgIpc) is 3.57. The number of hydrogen-bond donors (Lipinski definition) is 2. The van der Waals surface area contributed by atoms with E-state index in [1.165, 1.54) is 21.1 Å². The summed E-state index contributed by atoms with van der Waals surface area (Å²) in [4.78, 5) is 24.8. The van der Waals surface area contributed by atoms with Crippen molar-refractivity contribution in [1.82, 2.24) is 0 Å². The van der Waals surface area contributed by atoms with Crippen LogP contribution in [0.3, 0.4) is 0 Å². The number of carbonyl (C=O) groups excluding carboxylic acids is 2. The van der Waals surface area contributed by atoms with E-state index in [1.54, 1.807) is 24.3 Å². The lowest BCUT2D eigenvalue weighted by Gasteiger charge is -2.37. The van der Waals surface area contributed by atoms with E-state index in [2.05, 4.69) is 0 Å². The monoisotopic (exact) mass is 554 g/mol. The molecule has 12 heteroatoms. The molecule has 0 amide bonds. The molecule has 3 aromatic carbocycles. The van der Waals surface area contributed by atoms with Crippen LogP contribution < -0.4 is 23.7 Å². The summed E-state index contributed by atoms with van der Waals surface area (Å²) in [6, 6.07) is 8.75. The predicted octanol–water partition coefficient (Wildman–Crippen LogP) is 2.31. The summed E-state index contributed by atoms with van der Waals surface area (Å²) >= 11 is 0. The third kappa shape index (κ3) is 4.21. The van der Waals surface area contributed by atoms with Crippen molar-refractivity contribution >= 4 is 22.7 Å². The molecule has 3 heterocycles. The van der Waals surface area contributed by atoms with Crippen LogP contribution in [0.1, 0.15) is 22.8 Å². The molecule has 6 rings (SSSR count). The molecular weight excluding hydrogens is 528 g/mol. The second-order valence-corrected chi connectivity index (χ2v) is 9.41. The molecule has 210 valence electrons. The first-order chi connectivity index (χ1) is 19.3. The van der Waals surface area contributed by atoms with Crippen LogP contribution in [0.2, 0.25) is 0 Å². The molecule has 0 radical (unpaired) electrons. The highest BCUT2D eigenvalue weighted by Crippen LogP contribution is 2.49. The van der Waals surface area contributed by atoms with Crippen molar-refractivity contribution in [1.29, 1.82) is 0 Å². The van der Waals surface area contributed by atoms with Gasteiger partial charge in [0.2, 0.25) is 13.1 Å². The van der Waals surface area contributed by atoms with Crippen LogP contribution in [0.25, 0.3) is 21.9 Å². The van der Waals surface area contributed by atoms with Gasteiger partial charge in [-0.25, -0.2) is 4.79 Å². The Bertz CT molecular complexity index is 1520. The highest BCUT2D eigenvalue weighted by Gasteiger charge is 2.44. The molecule has 0 saturated carbocycles. The smallest absolute Gasteiger partial charge is 0.339 e. The second kappa shape index (κ2) is 10.0. The van der Waals surface area contributed by atoms with E-state index in [9.17, 15) is 19.8 Å². The molecule has 3 aliphatic heterocycles. The number of fused-ring (bicyclic) bond motifs is 3. The van der Waals surface area contributed by atoms with Gasteiger partial charge in [0.05, 0.1) is 26.4 Å². The van der Waals surface area contributed by atoms with Crippen molar-refractivity contribution in [2.45, 2.75) is 38.1 Å². The Morgan fingerprint density at radius 3 is 2.40 bits per heavy atom. The van der Waals surface area contributed by atoms with E-state index in [1.807, 2.05) is 6.07 Å². The molecule has 1 saturated heterocycles. The molecule has 3 aliphatic rings. The van der Waals surface area contributed by atoms with Crippen LogP contribution in [0.5, 0.6) is 28.7 Å². The lowest BCUT2D eigenvalue weighted by Crippen LogP contribution is -2.56. The lowest BCUT2D eigenvalue weighted by atomic mass is 9.89. The first-order valence-corrected chi connectivity index (χ1v) is 12.4. The van der Waals surface area contributed by atoms with Gasteiger partial charge in [-0.05, 0) is 35.2 Å². The van der Waals surface area contributed by atoms with E-state index < -0.39 is 36.5 Å². The summed E-state index contributed by atoms with van der Waals surface area (Å²) in [5.74, 6) is 0.853. The molecule has 0 aliphatic carbocycles. The molecule has 1 unspecified atom stereocenters. The lowest BCUT2D eigenvalue weighted by molar-refractivity contribution is -0.248. The van der Waals surface area contributed by atoms with Gasteiger partial charge >= 0.3 is 11.9 Å². The molecule has 4 atom stereocenters. The molecule has 40 heavy (non-hydrogen) atoms. The standard InChI is InChI=1S/C28H26O12/c1-12(29)39-26-17(30)10-36-28(24(26)31)40-25-15-8-20(34-3)19(33-2)7-14(15)22(23-16(25)9-35-27(23)32)13-4-5-18-21(6-13)38-11-37-18/h4-8,17,24,26,28,30-31H,9-11H2,1-3H3/t17-,24-,26+,28?/m1/s1. The minimum Gasteiger partial charge on any atom is -0.493 e. The maximum atomic E-state index is 13.2. The van der Waals surface area contributed by atoms with Crippen molar-refractivity contribution < 1.29 is 57.7 Å². The van der Waals surface area contributed by atoms with Crippen molar-refractivity contribution in [3.8, 4) is 39.9 Å². The highest BCUT2D eigenvalue weighted by atomic mass is 16.7. The maximum absolute atomic E-state index is 13.2. The number of aliphatic hydroxyl groups is 2. The van der Waals surface area contributed by atoms with Crippen molar-refractivity contribution in [3.05, 3.63) is 41.5 Å². The van der Waals surface area contributed by atoms with Crippen molar-refractivity contribution in [3.63, 3.8) is 0 Å². The zero-order valence-corrected chi connectivity index (χ0v) is 21.8. The normalized spacial score (nSPS) is 23.0. The summed E-state index contributed by atoms with van der Waals surface area (Å²) in [6.07, 6.45) is -5.43. The van der Waals surface area contributed by atoms with Gasteiger partial charge in [-0.3, -0.25) is 4.79 Å². The first kappa shape index (κ1) is 26.0. The van der Waals surface area contributed by atoms with Gasteiger partial charge in [0.15, 0.2) is 35.2 Å². The summed E-state index contributed by atoms with van der Waals surface area (Å²) < 4.78 is 44.5. The van der Waals surface area contributed by atoms with E-state index in [0.29, 0.717) is 50.5 Å². The van der Waals surface area contributed by atoms with E-state index in [-0.39, 0.29) is 31.3 Å². The third-order valence-corrected chi connectivity index (χ3v) is 7.04. The Balaban J connectivity index is 1.56.